The molecule has 6 nitrogen and oxygen atoms in total. The third-order valence-corrected chi connectivity index (χ3v) is 6.70. The fourth-order valence-corrected chi connectivity index (χ4v) is 3.88. The number of rotatable bonds is 14. The van der Waals surface area contributed by atoms with Gasteiger partial charge in [0.05, 0.1) is 0 Å². The quantitative estimate of drug-likeness (QED) is 0.167. The van der Waals surface area contributed by atoms with Crippen LogP contribution >= 0.6 is 0 Å². The number of esters is 1. The van der Waals surface area contributed by atoms with Crippen LogP contribution in [0.5, 0.6) is 0 Å². The number of nitrogens with zero attached hydrogens (tertiary/aromatic N) is 1. The molecule has 24 heteroatoms. The molecule has 0 aromatic rings. The normalized spacial score (nSPS) is 16.2. The monoisotopic (exact) mass is 655 g/mol. The van der Waals surface area contributed by atoms with Crippen LogP contribution in [0.25, 0.3) is 0 Å². The van der Waals surface area contributed by atoms with Gasteiger partial charge >= 0.3 is 52.9 Å². The summed E-state index contributed by atoms with van der Waals surface area (Å²) in [7, 11) is -7.57. The van der Waals surface area contributed by atoms with Crippen LogP contribution in [0, 0.1) is 0 Å². The number of carbonyl (C=O) groups is 1. The Balaban J connectivity index is 6.79. The van der Waals surface area contributed by atoms with Gasteiger partial charge in [-0.2, -0.15) is 78.9 Å². The van der Waals surface area contributed by atoms with Gasteiger partial charge in [-0.25, -0.2) is 13.2 Å². The first-order valence-corrected chi connectivity index (χ1v) is 10.9. The van der Waals surface area contributed by atoms with Crippen LogP contribution < -0.4 is 0 Å². The second kappa shape index (κ2) is 10.9. The number of hydrogen-bond acceptors (Lipinski definition) is 5. The molecule has 0 amide bonds. The minimum Gasteiger partial charge on any atom is -0.460 e. The minimum atomic E-state index is -8.95. The second-order valence-corrected chi connectivity index (χ2v) is 9.38. The lowest BCUT2D eigenvalue weighted by Crippen LogP contribution is -2.75. The zero-order valence-corrected chi connectivity index (χ0v) is 19.7. The third kappa shape index (κ3) is 5.53. The molecule has 0 spiro atoms. The Bertz CT molecular complexity index is 1040. The minimum absolute atomic E-state index is 0.419. The van der Waals surface area contributed by atoms with Crippen LogP contribution in [0.15, 0.2) is 12.7 Å². The van der Waals surface area contributed by atoms with Crippen molar-refractivity contribution in [1.82, 2.24) is 4.31 Å². The topological polar surface area (TPSA) is 83.9 Å². The van der Waals surface area contributed by atoms with E-state index in [0.717, 1.165) is 0 Å². The number of sulfonamides is 1. The van der Waals surface area contributed by atoms with Crippen LogP contribution in [-0.2, 0) is 19.6 Å². The number of ether oxygens (including phenoxy) is 1. The van der Waals surface area contributed by atoms with Gasteiger partial charge in [-0.3, -0.25) is 0 Å². The maximum Gasteiger partial charge on any atom is 0.460 e. The smallest absolute Gasteiger partial charge is 0.460 e. The van der Waals surface area contributed by atoms with Gasteiger partial charge in [-0.15, -0.1) is 0 Å². The lowest BCUT2D eigenvalue weighted by molar-refractivity contribution is -0.458. The summed E-state index contributed by atoms with van der Waals surface area (Å²) in [5.74, 6) is -53.6. The highest BCUT2D eigenvalue weighted by molar-refractivity contribution is 7.90. The molecule has 238 valence electrons. The first-order valence-electron chi connectivity index (χ1n) is 9.49. The molecule has 40 heavy (non-hydrogen) atoms. The van der Waals surface area contributed by atoms with Crippen molar-refractivity contribution >= 4 is 16.0 Å². The van der Waals surface area contributed by atoms with Crippen molar-refractivity contribution in [3.8, 4) is 0 Å². The standard InChI is InChI=1S/C16H14F17NO5S/c1-3-8(36)39-6-7(35)5-34(4-2)40(37,38)16(32,33)14(27,28)12(23,24)10(19,20)9(17,18)11(21,22)13(25,26)15(29,30)31/h3,7,35H,1,4-6H2,2H3. The number of carbonyl (C=O) groups excluding carboxylic acids is 1. The molecule has 0 rings (SSSR count). The van der Waals surface area contributed by atoms with Crippen molar-refractivity contribution in [3.05, 3.63) is 12.7 Å². The van der Waals surface area contributed by atoms with Crippen molar-refractivity contribution in [2.45, 2.75) is 60.0 Å². The van der Waals surface area contributed by atoms with Crippen LogP contribution in [0.3, 0.4) is 0 Å². The molecule has 0 heterocycles. The van der Waals surface area contributed by atoms with Gasteiger partial charge in [-0.1, -0.05) is 13.5 Å². The van der Waals surface area contributed by atoms with E-state index in [1.807, 2.05) is 0 Å². The second-order valence-electron chi connectivity index (χ2n) is 7.40. The third-order valence-electron chi connectivity index (χ3n) is 4.71. The van der Waals surface area contributed by atoms with Gasteiger partial charge in [0.15, 0.2) is 0 Å². The summed E-state index contributed by atoms with van der Waals surface area (Å²) in [5.41, 5.74) is 0. The molecule has 1 unspecified atom stereocenters. The van der Waals surface area contributed by atoms with E-state index in [9.17, 15) is 93.0 Å². The van der Waals surface area contributed by atoms with Gasteiger partial charge < -0.3 is 9.84 Å². The highest BCUT2D eigenvalue weighted by Gasteiger charge is 2.96. The Morgan fingerprint density at radius 1 is 0.775 bits per heavy atom. The molecule has 1 atom stereocenters. The maximum atomic E-state index is 14.2. The summed E-state index contributed by atoms with van der Waals surface area (Å²) >= 11 is 0. The van der Waals surface area contributed by atoms with E-state index < -0.39 is 93.1 Å². The Morgan fingerprint density at radius 3 is 1.45 bits per heavy atom. The predicted molar refractivity (Wildman–Crippen MR) is 94.0 cm³/mol. The lowest BCUT2D eigenvalue weighted by atomic mass is 9.91. The number of likely N-dealkylation sites (N-methyl/N-ethyl adjacent to an activating group) is 1. The Hall–Kier alpha value is -2.11. The van der Waals surface area contributed by atoms with E-state index in [2.05, 4.69) is 11.3 Å². The molecule has 1 N–H and O–H groups in total. The summed E-state index contributed by atoms with van der Waals surface area (Å²) in [6, 6.07) is 0. The van der Waals surface area contributed by atoms with Crippen molar-refractivity contribution in [2.75, 3.05) is 19.7 Å². The average molecular weight is 655 g/mol. The molecular formula is C16H14F17NO5S. The Kier molecular flexibility index (Phi) is 10.4. The van der Waals surface area contributed by atoms with Gasteiger partial charge in [-0.05, 0) is 0 Å². The molecule has 0 saturated carbocycles. The summed E-state index contributed by atoms with van der Waals surface area (Å²) in [4.78, 5) is 10.9. The van der Waals surface area contributed by atoms with Crippen molar-refractivity contribution < 1.29 is 97.7 Å². The van der Waals surface area contributed by atoms with Crippen molar-refractivity contribution in [1.29, 1.82) is 0 Å². The number of halogens is 17. The first-order chi connectivity index (χ1) is 17.3. The zero-order chi connectivity index (χ0) is 32.8. The number of aliphatic hydroxyl groups is 1. The van der Waals surface area contributed by atoms with Gasteiger partial charge in [0, 0.05) is 19.2 Å². The van der Waals surface area contributed by atoms with Gasteiger partial charge in [0.2, 0.25) is 0 Å². The van der Waals surface area contributed by atoms with Crippen LogP contribution in [-0.4, -0.2) is 96.6 Å². The predicted octanol–water partition coefficient (Wildman–Crippen LogP) is 4.70. The SMILES string of the molecule is C=CC(=O)OCC(O)CN(CC)S(=O)(=O)C(F)(F)C(F)(F)C(F)(F)C(F)(F)C(F)(F)C(F)(F)C(F)(F)C(F)(F)F. The summed E-state index contributed by atoms with van der Waals surface area (Å²) in [5, 5.41) is 1.74. The number of aliphatic hydroxyl groups excluding tert-OH is 1. The Morgan fingerprint density at radius 2 is 1.12 bits per heavy atom. The Labute approximate surface area is 211 Å². The largest absolute Gasteiger partial charge is 0.460 e. The molecule has 0 aliphatic heterocycles. The summed E-state index contributed by atoms with van der Waals surface area (Å²) < 4.78 is 254. The molecule has 0 aromatic carbocycles. The molecule has 0 saturated heterocycles. The summed E-state index contributed by atoms with van der Waals surface area (Å²) in [6.07, 6.45) is -9.98. The number of alkyl halides is 17. The van der Waals surface area contributed by atoms with Crippen LogP contribution in [0.2, 0.25) is 0 Å². The molecule has 0 aliphatic rings. The van der Waals surface area contributed by atoms with E-state index >= 15 is 0 Å². The van der Waals surface area contributed by atoms with E-state index in [1.54, 1.807) is 0 Å². The molecular weight excluding hydrogens is 641 g/mol. The lowest BCUT2D eigenvalue weighted by Gasteiger charge is -2.43. The van der Waals surface area contributed by atoms with E-state index in [-0.39, 0.29) is 0 Å². The molecule has 0 aromatic heterocycles. The zero-order valence-electron chi connectivity index (χ0n) is 18.8. The van der Waals surface area contributed by atoms with E-state index in [4.69, 9.17) is 0 Å². The fraction of sp³-hybridized carbons (Fsp3) is 0.812. The highest BCUT2D eigenvalue weighted by Crippen LogP contribution is 2.64. The number of hydrogen-bond donors (Lipinski definition) is 1. The average Bonchev–Trinajstić information content (AvgIpc) is 2.78. The molecule has 0 radical (unpaired) electrons. The van der Waals surface area contributed by atoms with E-state index in [1.165, 1.54) is 0 Å². The van der Waals surface area contributed by atoms with Gasteiger partial charge in [0.25, 0.3) is 10.0 Å². The molecule has 0 bridgehead atoms. The molecule has 0 fully saturated rings. The van der Waals surface area contributed by atoms with Crippen molar-refractivity contribution in [2.24, 2.45) is 0 Å². The molecule has 0 aliphatic carbocycles. The first kappa shape index (κ1) is 37.9. The van der Waals surface area contributed by atoms with Crippen LogP contribution in [0.4, 0.5) is 74.6 Å². The summed E-state index contributed by atoms with van der Waals surface area (Å²) in [6.45, 7) is -1.51. The van der Waals surface area contributed by atoms with Crippen molar-refractivity contribution in [3.63, 3.8) is 0 Å². The fourth-order valence-electron chi connectivity index (χ4n) is 2.40. The van der Waals surface area contributed by atoms with Crippen LogP contribution in [0.1, 0.15) is 6.92 Å². The highest BCUT2D eigenvalue weighted by atomic mass is 32.2. The van der Waals surface area contributed by atoms with E-state index in [0.29, 0.717) is 13.0 Å². The maximum absolute atomic E-state index is 14.2. The van der Waals surface area contributed by atoms with Gasteiger partial charge in [0.1, 0.15) is 12.7 Å².